The van der Waals surface area contributed by atoms with Gasteiger partial charge in [-0.15, -0.1) is 5.10 Å². The summed E-state index contributed by atoms with van der Waals surface area (Å²) in [6.07, 6.45) is 0. The largest absolute Gasteiger partial charge is 0.330 e. The van der Waals surface area contributed by atoms with Gasteiger partial charge >= 0.3 is 0 Å². The zero-order valence-electron chi connectivity index (χ0n) is 7.82. The Labute approximate surface area is 99.4 Å². The minimum Gasteiger partial charge on any atom is -0.330 e. The Morgan fingerprint density at radius 3 is 3.00 bits per heavy atom. The molecular weight excluding hydrogens is 247 g/mol. The third-order valence-corrected chi connectivity index (χ3v) is 2.78. The minimum atomic E-state index is -0.539. The first kappa shape index (κ1) is 10.7. The van der Waals surface area contributed by atoms with E-state index in [2.05, 4.69) is 15.5 Å². The van der Waals surface area contributed by atoms with E-state index < -0.39 is 5.82 Å². The molecule has 16 heavy (non-hydrogen) atoms. The second kappa shape index (κ2) is 4.38. The number of H-pyrrole nitrogens is 1. The second-order valence-electron chi connectivity index (χ2n) is 2.85. The SMILES string of the molecule is N#Cc1cc(Nc2n[nH]c(=S)s2)ccc1F. The summed E-state index contributed by atoms with van der Waals surface area (Å²) in [4.78, 5) is 0. The molecule has 2 N–H and O–H groups in total. The fourth-order valence-electron chi connectivity index (χ4n) is 1.10. The summed E-state index contributed by atoms with van der Waals surface area (Å²) >= 11 is 6.13. The fraction of sp³-hybridized carbons (Fsp3) is 0. The third kappa shape index (κ3) is 2.24. The molecule has 2 aromatic rings. The van der Waals surface area contributed by atoms with Crippen LogP contribution in [0.25, 0.3) is 0 Å². The number of benzene rings is 1. The quantitative estimate of drug-likeness (QED) is 0.806. The Kier molecular flexibility index (Phi) is 2.94. The van der Waals surface area contributed by atoms with Crippen molar-refractivity contribution in [3.63, 3.8) is 0 Å². The van der Waals surface area contributed by atoms with Crippen LogP contribution in [0.15, 0.2) is 18.2 Å². The van der Waals surface area contributed by atoms with Crippen LogP contribution >= 0.6 is 23.6 Å². The summed E-state index contributed by atoms with van der Waals surface area (Å²) in [6, 6.07) is 5.94. The molecule has 0 saturated carbocycles. The normalized spacial score (nSPS) is 9.75. The van der Waals surface area contributed by atoms with Gasteiger partial charge in [0, 0.05) is 5.69 Å². The molecule has 0 aliphatic heterocycles. The van der Waals surface area contributed by atoms with Crippen molar-refractivity contribution >= 4 is 34.4 Å². The lowest BCUT2D eigenvalue weighted by Crippen LogP contribution is -1.92. The first-order valence-corrected chi connectivity index (χ1v) is 5.43. The van der Waals surface area contributed by atoms with E-state index in [9.17, 15) is 4.39 Å². The van der Waals surface area contributed by atoms with Gasteiger partial charge in [-0.3, -0.25) is 5.10 Å². The lowest BCUT2D eigenvalue weighted by molar-refractivity contribution is 0.624. The molecule has 1 aromatic carbocycles. The molecule has 7 heteroatoms. The van der Waals surface area contributed by atoms with E-state index in [1.807, 2.05) is 0 Å². The zero-order valence-corrected chi connectivity index (χ0v) is 9.45. The molecule has 0 bridgehead atoms. The molecule has 80 valence electrons. The number of nitriles is 1. The maximum absolute atomic E-state index is 13.0. The molecule has 0 amide bonds. The number of aromatic amines is 1. The van der Waals surface area contributed by atoms with E-state index in [0.717, 1.165) is 0 Å². The van der Waals surface area contributed by atoms with Crippen molar-refractivity contribution in [1.82, 2.24) is 10.2 Å². The number of anilines is 2. The van der Waals surface area contributed by atoms with Gasteiger partial charge in [0.15, 0.2) is 3.95 Å². The highest BCUT2D eigenvalue weighted by Gasteiger charge is 2.04. The van der Waals surface area contributed by atoms with Crippen LogP contribution in [0.2, 0.25) is 0 Å². The first-order valence-electron chi connectivity index (χ1n) is 4.21. The average Bonchev–Trinajstić information content (AvgIpc) is 2.67. The minimum absolute atomic E-state index is 0.0101. The lowest BCUT2D eigenvalue weighted by Gasteiger charge is -2.02. The number of aromatic nitrogens is 2. The molecule has 0 aliphatic carbocycles. The predicted octanol–water partition coefficient (Wildman–Crippen LogP) is 2.96. The molecule has 0 spiro atoms. The topological polar surface area (TPSA) is 64.5 Å². The lowest BCUT2D eigenvalue weighted by atomic mass is 10.2. The standard InChI is InChI=1S/C9H5FN4S2/c10-7-2-1-6(3-5(7)4-11)12-8-13-14-9(15)16-8/h1-3H,(H,12,13)(H,14,15). The number of rotatable bonds is 2. The number of nitrogens with one attached hydrogen (secondary N) is 2. The summed E-state index contributed by atoms with van der Waals surface area (Å²) in [6.45, 7) is 0. The average molecular weight is 252 g/mol. The molecule has 0 fully saturated rings. The van der Waals surface area contributed by atoms with Crippen molar-refractivity contribution in [2.24, 2.45) is 0 Å². The monoisotopic (exact) mass is 252 g/mol. The zero-order chi connectivity index (χ0) is 11.5. The highest BCUT2D eigenvalue weighted by molar-refractivity contribution is 7.73. The Bertz CT molecular complexity index is 610. The Morgan fingerprint density at radius 2 is 2.38 bits per heavy atom. The van der Waals surface area contributed by atoms with Crippen LogP contribution in [0.3, 0.4) is 0 Å². The Morgan fingerprint density at radius 1 is 1.56 bits per heavy atom. The second-order valence-corrected chi connectivity index (χ2v) is 4.52. The molecule has 4 nitrogen and oxygen atoms in total. The molecule has 1 aromatic heterocycles. The highest BCUT2D eigenvalue weighted by Crippen LogP contribution is 2.20. The van der Waals surface area contributed by atoms with E-state index in [1.54, 1.807) is 6.07 Å². The summed E-state index contributed by atoms with van der Waals surface area (Å²) in [5.41, 5.74) is 0.583. The van der Waals surface area contributed by atoms with Gasteiger partial charge in [0.1, 0.15) is 11.9 Å². The van der Waals surface area contributed by atoms with Crippen molar-refractivity contribution in [1.29, 1.82) is 5.26 Å². The van der Waals surface area contributed by atoms with Crippen LogP contribution in [0.5, 0.6) is 0 Å². The van der Waals surface area contributed by atoms with Gasteiger partial charge in [0.2, 0.25) is 5.13 Å². The fourth-order valence-corrected chi connectivity index (χ4v) is 1.91. The van der Waals surface area contributed by atoms with Gasteiger partial charge in [0.05, 0.1) is 5.56 Å². The van der Waals surface area contributed by atoms with Gasteiger partial charge in [0.25, 0.3) is 0 Å². The van der Waals surface area contributed by atoms with Crippen molar-refractivity contribution in [3.8, 4) is 6.07 Å². The van der Waals surface area contributed by atoms with Gasteiger partial charge in [-0.1, -0.05) is 11.3 Å². The number of hydrogen-bond acceptors (Lipinski definition) is 5. The van der Waals surface area contributed by atoms with Crippen LogP contribution in [0.4, 0.5) is 15.2 Å². The first-order chi connectivity index (χ1) is 7.69. The highest BCUT2D eigenvalue weighted by atomic mass is 32.1. The van der Waals surface area contributed by atoms with Crippen LogP contribution in [-0.4, -0.2) is 10.2 Å². The van der Waals surface area contributed by atoms with Gasteiger partial charge in [-0.25, -0.2) is 4.39 Å². The number of halogens is 1. The van der Waals surface area contributed by atoms with Crippen molar-refractivity contribution < 1.29 is 4.39 Å². The van der Waals surface area contributed by atoms with Crippen LogP contribution < -0.4 is 5.32 Å². The summed E-state index contributed by atoms with van der Waals surface area (Å²) in [5, 5.41) is 18.6. The smallest absolute Gasteiger partial charge is 0.208 e. The van der Waals surface area contributed by atoms with Crippen molar-refractivity contribution in [2.45, 2.75) is 0 Å². The molecule has 0 saturated heterocycles. The summed E-state index contributed by atoms with van der Waals surface area (Å²) in [5.74, 6) is -0.539. The van der Waals surface area contributed by atoms with E-state index in [-0.39, 0.29) is 5.56 Å². The third-order valence-electron chi connectivity index (χ3n) is 1.78. The molecule has 2 rings (SSSR count). The molecule has 1 heterocycles. The molecular formula is C9H5FN4S2. The number of hydrogen-bond donors (Lipinski definition) is 2. The van der Waals surface area contributed by atoms with Crippen LogP contribution in [-0.2, 0) is 0 Å². The molecule has 0 radical (unpaired) electrons. The van der Waals surface area contributed by atoms with E-state index in [4.69, 9.17) is 17.5 Å². The maximum Gasteiger partial charge on any atom is 0.208 e. The Hall–Kier alpha value is -1.78. The van der Waals surface area contributed by atoms with Gasteiger partial charge < -0.3 is 5.32 Å². The molecule has 0 aliphatic rings. The molecule has 0 unspecified atom stereocenters. The predicted molar refractivity (Wildman–Crippen MR) is 61.7 cm³/mol. The van der Waals surface area contributed by atoms with E-state index >= 15 is 0 Å². The summed E-state index contributed by atoms with van der Waals surface area (Å²) < 4.78 is 13.6. The summed E-state index contributed by atoms with van der Waals surface area (Å²) in [7, 11) is 0. The van der Waals surface area contributed by atoms with Crippen LogP contribution in [0.1, 0.15) is 5.56 Å². The van der Waals surface area contributed by atoms with Crippen molar-refractivity contribution in [2.75, 3.05) is 5.32 Å². The van der Waals surface area contributed by atoms with Gasteiger partial charge in [-0.2, -0.15) is 5.26 Å². The van der Waals surface area contributed by atoms with E-state index in [0.29, 0.717) is 14.8 Å². The Balaban J connectivity index is 2.29. The van der Waals surface area contributed by atoms with E-state index in [1.165, 1.54) is 29.5 Å². The number of nitrogens with zero attached hydrogens (tertiary/aromatic N) is 2. The molecule has 0 atom stereocenters. The van der Waals surface area contributed by atoms with Crippen molar-refractivity contribution in [3.05, 3.63) is 33.5 Å². The van der Waals surface area contributed by atoms with Gasteiger partial charge in [-0.05, 0) is 30.4 Å². The maximum atomic E-state index is 13.0. The van der Waals surface area contributed by atoms with Crippen LogP contribution in [0, 0.1) is 21.1 Å².